The molecule has 0 spiro atoms. The number of unbranched alkanes of at least 4 members (excludes halogenated alkanes) is 3. The molecule has 1 rings (SSSR count). The first-order chi connectivity index (χ1) is 14.5. The Hall–Kier alpha value is -2.76. The van der Waals surface area contributed by atoms with Gasteiger partial charge in [-0.2, -0.15) is 0 Å². The lowest BCUT2D eigenvalue weighted by Crippen LogP contribution is -2.37. The van der Waals surface area contributed by atoms with Gasteiger partial charge in [-0.1, -0.05) is 12.8 Å². The maximum absolute atomic E-state index is 11.1. The number of aromatic nitrogens is 1. The Bertz CT molecular complexity index is 772. The van der Waals surface area contributed by atoms with Gasteiger partial charge in [0.2, 0.25) is 6.20 Å². The van der Waals surface area contributed by atoms with E-state index < -0.39 is 36.0 Å². The van der Waals surface area contributed by atoms with Crippen molar-refractivity contribution >= 4 is 17.9 Å². The van der Waals surface area contributed by atoms with Gasteiger partial charge in [-0.25, -0.2) is 4.57 Å². The number of aliphatic carboxylic acids is 3. The molecule has 0 amide bonds. The number of hydrogen-bond acceptors (Lipinski definition) is 7. The van der Waals surface area contributed by atoms with E-state index in [0.717, 1.165) is 19.3 Å². The standard InChI is InChI=1S/C20H32N4O7/c21-14(18(26)27)5-3-1-2-4-8-24-10-12(6-7-15(22)19(28)29)13(17(25)11-24)9-16(23)20(30)31/h10-11,14-16H,1-9,21-23H2,(H3-,25,26,27,28,29,30,31)/p+1/t14-,15-,16-/m0/s1. The van der Waals surface area contributed by atoms with Crippen molar-refractivity contribution in [1.82, 2.24) is 0 Å². The normalized spacial score (nSPS) is 14.0. The van der Waals surface area contributed by atoms with Crippen LogP contribution in [-0.2, 0) is 33.8 Å². The molecule has 11 nitrogen and oxygen atoms in total. The highest BCUT2D eigenvalue weighted by Crippen LogP contribution is 2.22. The van der Waals surface area contributed by atoms with Crippen LogP contribution in [0.25, 0.3) is 0 Å². The number of carboxylic acids is 3. The lowest BCUT2D eigenvalue weighted by atomic mass is 9.96. The molecular weight excluding hydrogens is 408 g/mol. The van der Waals surface area contributed by atoms with E-state index in [-0.39, 0.29) is 25.0 Å². The number of aromatic hydroxyl groups is 1. The molecule has 0 fully saturated rings. The highest BCUT2D eigenvalue weighted by Gasteiger charge is 2.22. The number of nitrogens with zero attached hydrogens (tertiary/aromatic N) is 1. The van der Waals surface area contributed by atoms with E-state index in [0.29, 0.717) is 30.5 Å². The first-order valence-corrected chi connectivity index (χ1v) is 10.2. The molecular formula is C20H33N4O7+. The van der Waals surface area contributed by atoms with Crippen LogP contribution in [0.4, 0.5) is 0 Å². The van der Waals surface area contributed by atoms with Gasteiger partial charge in [0.25, 0.3) is 0 Å². The Balaban J connectivity index is 2.79. The lowest BCUT2D eigenvalue weighted by molar-refractivity contribution is -0.698. The number of aryl methyl sites for hydroxylation is 2. The average molecular weight is 442 g/mol. The molecule has 31 heavy (non-hydrogen) atoms. The van der Waals surface area contributed by atoms with Crippen molar-refractivity contribution < 1.29 is 39.4 Å². The summed E-state index contributed by atoms with van der Waals surface area (Å²) in [6, 6.07) is -3.13. The predicted molar refractivity (Wildman–Crippen MR) is 110 cm³/mol. The third-order valence-corrected chi connectivity index (χ3v) is 5.09. The summed E-state index contributed by atoms with van der Waals surface area (Å²) in [5, 5.41) is 37.3. The van der Waals surface area contributed by atoms with Crippen LogP contribution in [0.5, 0.6) is 5.75 Å². The van der Waals surface area contributed by atoms with Gasteiger partial charge in [-0.15, -0.1) is 0 Å². The molecule has 174 valence electrons. The van der Waals surface area contributed by atoms with Crippen LogP contribution in [0.2, 0.25) is 0 Å². The Morgan fingerprint density at radius 2 is 1.35 bits per heavy atom. The van der Waals surface area contributed by atoms with Crippen molar-refractivity contribution in [3.05, 3.63) is 23.5 Å². The van der Waals surface area contributed by atoms with Gasteiger partial charge in [0, 0.05) is 24.0 Å². The smallest absolute Gasteiger partial charge is 0.320 e. The van der Waals surface area contributed by atoms with Gasteiger partial charge in [0.15, 0.2) is 11.9 Å². The molecule has 0 unspecified atom stereocenters. The molecule has 0 saturated carbocycles. The summed E-state index contributed by atoms with van der Waals surface area (Å²) in [6.45, 7) is 0.571. The van der Waals surface area contributed by atoms with Gasteiger partial charge in [0.1, 0.15) is 24.7 Å². The van der Waals surface area contributed by atoms with Crippen LogP contribution in [0.3, 0.4) is 0 Å². The number of pyridine rings is 1. The molecule has 1 aromatic heterocycles. The fourth-order valence-corrected chi connectivity index (χ4v) is 3.17. The van der Waals surface area contributed by atoms with Gasteiger partial charge in [-0.3, -0.25) is 14.4 Å². The van der Waals surface area contributed by atoms with Crippen molar-refractivity contribution in [2.45, 2.75) is 76.0 Å². The minimum Gasteiger partial charge on any atom is -0.503 e. The van der Waals surface area contributed by atoms with Gasteiger partial charge < -0.3 is 37.6 Å². The van der Waals surface area contributed by atoms with Crippen LogP contribution in [0.1, 0.15) is 49.7 Å². The van der Waals surface area contributed by atoms with Crippen molar-refractivity contribution in [2.75, 3.05) is 0 Å². The zero-order valence-corrected chi connectivity index (χ0v) is 17.4. The average Bonchev–Trinajstić information content (AvgIpc) is 2.69. The maximum atomic E-state index is 11.1. The molecule has 0 aromatic carbocycles. The van der Waals surface area contributed by atoms with Crippen molar-refractivity contribution in [3.63, 3.8) is 0 Å². The van der Waals surface area contributed by atoms with Gasteiger partial charge in [-0.05, 0) is 25.7 Å². The molecule has 0 saturated heterocycles. The Kier molecular flexibility index (Phi) is 10.9. The molecule has 0 aliphatic carbocycles. The minimum atomic E-state index is -1.20. The van der Waals surface area contributed by atoms with Crippen LogP contribution in [0, 0.1) is 0 Å². The zero-order chi connectivity index (χ0) is 23.6. The number of carboxylic acid groups (broad SMARTS) is 3. The van der Waals surface area contributed by atoms with Crippen LogP contribution >= 0.6 is 0 Å². The molecule has 0 radical (unpaired) electrons. The number of hydrogen-bond donors (Lipinski definition) is 7. The van der Waals surface area contributed by atoms with Crippen LogP contribution < -0.4 is 21.8 Å². The maximum Gasteiger partial charge on any atom is 0.320 e. The fraction of sp³-hybridized carbons (Fsp3) is 0.600. The molecule has 3 atom stereocenters. The number of carbonyl (C=O) groups is 3. The molecule has 0 bridgehead atoms. The summed E-state index contributed by atoms with van der Waals surface area (Å²) in [6.07, 6.45) is 7.06. The Labute approximate surface area is 180 Å². The summed E-state index contributed by atoms with van der Waals surface area (Å²) in [4.78, 5) is 32.8. The second-order valence-corrected chi connectivity index (χ2v) is 7.66. The van der Waals surface area contributed by atoms with E-state index in [1.54, 1.807) is 10.8 Å². The largest absolute Gasteiger partial charge is 0.503 e. The van der Waals surface area contributed by atoms with Crippen molar-refractivity contribution in [2.24, 2.45) is 17.2 Å². The SMILES string of the molecule is N[C@@H](CCCCCC[n+]1cc(O)c(C[C@H](N)C(=O)O)c(CC[C@H](N)C(=O)O)c1)C(=O)O. The van der Waals surface area contributed by atoms with Gasteiger partial charge >= 0.3 is 17.9 Å². The van der Waals surface area contributed by atoms with E-state index in [1.165, 1.54) is 6.20 Å². The van der Waals surface area contributed by atoms with E-state index in [2.05, 4.69) is 0 Å². The van der Waals surface area contributed by atoms with Crippen LogP contribution in [-0.4, -0.2) is 56.5 Å². The first kappa shape index (κ1) is 26.3. The van der Waals surface area contributed by atoms with E-state index in [4.69, 9.17) is 32.5 Å². The molecule has 10 N–H and O–H groups in total. The minimum absolute atomic E-state index is 0.0938. The Morgan fingerprint density at radius 3 is 1.94 bits per heavy atom. The zero-order valence-electron chi connectivity index (χ0n) is 17.4. The lowest BCUT2D eigenvalue weighted by Gasteiger charge is -2.14. The second kappa shape index (κ2) is 12.8. The summed E-state index contributed by atoms with van der Waals surface area (Å²) >= 11 is 0. The quantitative estimate of drug-likeness (QED) is 0.135. The molecule has 0 aliphatic heterocycles. The molecule has 11 heteroatoms. The third kappa shape index (κ3) is 9.28. The van der Waals surface area contributed by atoms with Crippen LogP contribution in [0.15, 0.2) is 12.4 Å². The van der Waals surface area contributed by atoms with Crippen molar-refractivity contribution in [1.29, 1.82) is 0 Å². The third-order valence-electron chi connectivity index (χ3n) is 5.09. The van der Waals surface area contributed by atoms with E-state index in [9.17, 15) is 19.5 Å². The summed E-state index contributed by atoms with van der Waals surface area (Å²) in [7, 11) is 0. The van der Waals surface area contributed by atoms with Crippen molar-refractivity contribution in [3.8, 4) is 5.75 Å². The number of rotatable bonds is 15. The predicted octanol–water partition coefficient (Wildman–Crippen LogP) is -0.659. The van der Waals surface area contributed by atoms with Gasteiger partial charge in [0.05, 0.1) is 0 Å². The van der Waals surface area contributed by atoms with E-state index >= 15 is 0 Å². The highest BCUT2D eigenvalue weighted by molar-refractivity contribution is 5.74. The molecule has 1 aromatic rings. The summed E-state index contributed by atoms with van der Waals surface area (Å²) in [5.74, 6) is -3.46. The number of nitrogens with two attached hydrogens (primary N) is 3. The van der Waals surface area contributed by atoms with E-state index in [1.807, 2.05) is 0 Å². The highest BCUT2D eigenvalue weighted by atomic mass is 16.4. The summed E-state index contributed by atoms with van der Waals surface area (Å²) in [5.41, 5.74) is 17.6. The monoisotopic (exact) mass is 441 g/mol. The fourth-order valence-electron chi connectivity index (χ4n) is 3.17. The molecule has 0 aliphatic rings. The second-order valence-electron chi connectivity index (χ2n) is 7.66. The topological polar surface area (TPSA) is 214 Å². The first-order valence-electron chi connectivity index (χ1n) is 10.2. The Morgan fingerprint density at radius 1 is 0.806 bits per heavy atom. The molecule has 1 heterocycles. The summed E-state index contributed by atoms with van der Waals surface area (Å²) < 4.78 is 1.76.